The maximum atomic E-state index is 9.35. The molecule has 1 aliphatic heterocycles. The van der Waals surface area contributed by atoms with E-state index in [4.69, 9.17) is 9.57 Å². The van der Waals surface area contributed by atoms with E-state index in [9.17, 15) is 5.11 Å². The number of aromatic hydroxyl groups is 1. The third kappa shape index (κ3) is 3.16. The Morgan fingerprint density at radius 1 is 1.16 bits per heavy atom. The summed E-state index contributed by atoms with van der Waals surface area (Å²) in [6.45, 7) is 0. The smallest absolute Gasteiger partial charge is 0.235 e. The van der Waals surface area contributed by atoms with Crippen molar-refractivity contribution in [1.29, 1.82) is 0 Å². The van der Waals surface area contributed by atoms with Gasteiger partial charge in [0.05, 0.1) is 24.0 Å². The number of hydrogen-bond acceptors (Lipinski definition) is 6. The van der Waals surface area contributed by atoms with Crippen molar-refractivity contribution in [3.63, 3.8) is 0 Å². The Bertz CT molecular complexity index is 901. The van der Waals surface area contributed by atoms with Crippen molar-refractivity contribution in [3.8, 4) is 22.9 Å². The highest BCUT2D eigenvalue weighted by molar-refractivity contribution is 5.79. The molecule has 0 saturated heterocycles. The molecule has 0 amide bonds. The number of pyridine rings is 1. The van der Waals surface area contributed by atoms with E-state index < -0.39 is 0 Å². The Morgan fingerprint density at radius 2 is 2.00 bits per heavy atom. The fraction of sp³-hybridized carbons (Fsp3) is 0.167. The van der Waals surface area contributed by atoms with E-state index in [-0.39, 0.29) is 11.9 Å². The zero-order valence-electron chi connectivity index (χ0n) is 13.5. The van der Waals surface area contributed by atoms with Crippen LogP contribution in [0.15, 0.2) is 60.0 Å². The average molecular weight is 336 g/mol. The normalized spacial score (nSPS) is 16.4. The van der Waals surface area contributed by atoms with E-state index in [1.807, 2.05) is 37.4 Å². The van der Waals surface area contributed by atoms with Crippen LogP contribution in [0.4, 0.5) is 0 Å². The number of oxime groups is 1. The summed E-state index contributed by atoms with van der Waals surface area (Å²) in [4.78, 5) is 9.81. The molecule has 2 aromatic heterocycles. The highest BCUT2D eigenvalue weighted by atomic mass is 16.7. The van der Waals surface area contributed by atoms with Gasteiger partial charge in [0.2, 0.25) is 5.90 Å². The minimum absolute atomic E-state index is 0.211. The van der Waals surface area contributed by atoms with Gasteiger partial charge in [0.15, 0.2) is 6.10 Å². The lowest BCUT2D eigenvalue weighted by Gasteiger charge is -2.08. The lowest BCUT2D eigenvalue weighted by molar-refractivity contribution is 0.0855. The summed E-state index contributed by atoms with van der Waals surface area (Å²) in [6, 6.07) is 12.5. The summed E-state index contributed by atoms with van der Waals surface area (Å²) in [7, 11) is 1.87. The molecular weight excluding hydrogens is 320 g/mol. The number of ether oxygens (including phenoxy) is 1. The Hall–Kier alpha value is -3.35. The van der Waals surface area contributed by atoms with Crippen molar-refractivity contribution < 1.29 is 14.7 Å². The summed E-state index contributed by atoms with van der Waals surface area (Å²) >= 11 is 0. The Balaban J connectivity index is 1.41. The third-order valence-corrected chi connectivity index (χ3v) is 3.96. The first kappa shape index (κ1) is 15.2. The number of phenols is 1. The second kappa shape index (κ2) is 6.27. The van der Waals surface area contributed by atoms with E-state index in [1.54, 1.807) is 29.2 Å². The lowest BCUT2D eigenvalue weighted by atomic mass is 10.1. The van der Waals surface area contributed by atoms with E-state index in [2.05, 4.69) is 15.2 Å². The molecule has 0 spiro atoms. The third-order valence-electron chi connectivity index (χ3n) is 3.96. The van der Waals surface area contributed by atoms with Crippen molar-refractivity contribution in [2.75, 3.05) is 0 Å². The molecule has 0 fully saturated rings. The van der Waals surface area contributed by atoms with Crippen molar-refractivity contribution in [3.05, 3.63) is 60.4 Å². The summed E-state index contributed by atoms with van der Waals surface area (Å²) in [5, 5.41) is 17.5. The van der Waals surface area contributed by atoms with Crippen molar-refractivity contribution in [1.82, 2.24) is 14.8 Å². The van der Waals surface area contributed by atoms with Gasteiger partial charge in [0.25, 0.3) is 0 Å². The molecule has 0 unspecified atom stereocenters. The quantitative estimate of drug-likeness (QED) is 0.795. The summed E-state index contributed by atoms with van der Waals surface area (Å²) in [5.41, 5.74) is 2.68. The molecule has 1 aliphatic rings. The first-order chi connectivity index (χ1) is 12.2. The number of hydrogen-bond donors (Lipinski definition) is 1. The van der Waals surface area contributed by atoms with E-state index in [0.717, 1.165) is 17.0 Å². The molecule has 1 atom stereocenters. The maximum Gasteiger partial charge on any atom is 0.235 e. The Labute approximate surface area is 144 Å². The molecule has 3 heterocycles. The zero-order chi connectivity index (χ0) is 17.2. The highest BCUT2D eigenvalue weighted by Gasteiger charge is 2.24. The molecule has 0 saturated carbocycles. The Kier molecular flexibility index (Phi) is 3.81. The number of phenolic OH excluding ortho intramolecular Hbond substituents is 1. The molecule has 1 aromatic carbocycles. The van der Waals surface area contributed by atoms with Gasteiger partial charge in [0.1, 0.15) is 11.5 Å². The summed E-state index contributed by atoms with van der Waals surface area (Å²) < 4.78 is 7.51. The summed E-state index contributed by atoms with van der Waals surface area (Å²) in [6.07, 6.45) is 3.69. The molecule has 1 N–H and O–H groups in total. The van der Waals surface area contributed by atoms with Crippen LogP contribution in [0.1, 0.15) is 18.1 Å². The van der Waals surface area contributed by atoms with Gasteiger partial charge in [-0.1, -0.05) is 17.3 Å². The fourth-order valence-corrected chi connectivity index (χ4v) is 2.64. The second-order valence-electron chi connectivity index (χ2n) is 5.70. The van der Waals surface area contributed by atoms with Crippen LogP contribution in [0.5, 0.6) is 11.5 Å². The SMILES string of the molecule is Cn1nccc1-c1ccc(OC2=NO[C@@H](c3ccc(O)cc3)C2)cn1. The molecule has 0 radical (unpaired) electrons. The first-order valence-corrected chi connectivity index (χ1v) is 7.83. The van der Waals surface area contributed by atoms with Gasteiger partial charge in [-0.25, -0.2) is 0 Å². The number of aryl methyl sites for hydroxylation is 1. The fourth-order valence-electron chi connectivity index (χ4n) is 2.64. The zero-order valence-corrected chi connectivity index (χ0v) is 13.5. The van der Waals surface area contributed by atoms with Crippen LogP contribution in [0.25, 0.3) is 11.4 Å². The number of rotatable bonds is 3. The van der Waals surface area contributed by atoms with E-state index in [0.29, 0.717) is 18.1 Å². The number of aromatic nitrogens is 3. The van der Waals surface area contributed by atoms with Gasteiger partial charge in [-0.05, 0) is 35.9 Å². The van der Waals surface area contributed by atoms with Gasteiger partial charge in [0, 0.05) is 13.2 Å². The number of benzene rings is 1. The molecule has 0 aliphatic carbocycles. The average Bonchev–Trinajstić information content (AvgIpc) is 3.26. The predicted octanol–water partition coefficient (Wildman–Crippen LogP) is 3.04. The summed E-state index contributed by atoms with van der Waals surface area (Å²) in [5.74, 6) is 1.31. The second-order valence-corrected chi connectivity index (χ2v) is 5.70. The maximum absolute atomic E-state index is 9.35. The highest BCUT2D eigenvalue weighted by Crippen LogP contribution is 2.29. The van der Waals surface area contributed by atoms with Gasteiger partial charge < -0.3 is 14.7 Å². The van der Waals surface area contributed by atoms with Gasteiger partial charge >= 0.3 is 0 Å². The minimum Gasteiger partial charge on any atom is -0.508 e. The monoisotopic (exact) mass is 336 g/mol. The van der Waals surface area contributed by atoms with Crippen LogP contribution in [0.3, 0.4) is 0 Å². The van der Waals surface area contributed by atoms with Crippen molar-refractivity contribution in [2.45, 2.75) is 12.5 Å². The Morgan fingerprint density at radius 3 is 2.68 bits per heavy atom. The molecule has 25 heavy (non-hydrogen) atoms. The molecule has 7 nitrogen and oxygen atoms in total. The minimum atomic E-state index is -0.211. The predicted molar refractivity (Wildman–Crippen MR) is 91.1 cm³/mol. The van der Waals surface area contributed by atoms with Crippen LogP contribution in [0.2, 0.25) is 0 Å². The van der Waals surface area contributed by atoms with Crippen LogP contribution in [-0.4, -0.2) is 25.8 Å². The number of nitrogens with zero attached hydrogens (tertiary/aromatic N) is 4. The van der Waals surface area contributed by atoms with Crippen molar-refractivity contribution >= 4 is 5.90 Å². The van der Waals surface area contributed by atoms with Gasteiger partial charge in [-0.2, -0.15) is 5.10 Å². The molecule has 0 bridgehead atoms. The van der Waals surface area contributed by atoms with Crippen LogP contribution in [0, 0.1) is 0 Å². The van der Waals surface area contributed by atoms with Crippen LogP contribution < -0.4 is 4.74 Å². The molecule has 3 aromatic rings. The molecular formula is C18H16N4O3. The van der Waals surface area contributed by atoms with Gasteiger partial charge in [-0.15, -0.1) is 0 Å². The topological polar surface area (TPSA) is 81.8 Å². The van der Waals surface area contributed by atoms with Crippen LogP contribution in [-0.2, 0) is 11.9 Å². The van der Waals surface area contributed by atoms with E-state index >= 15 is 0 Å². The molecule has 7 heteroatoms. The van der Waals surface area contributed by atoms with Crippen LogP contribution >= 0.6 is 0 Å². The molecule has 126 valence electrons. The lowest BCUT2D eigenvalue weighted by Crippen LogP contribution is -2.07. The van der Waals surface area contributed by atoms with Crippen molar-refractivity contribution in [2.24, 2.45) is 12.2 Å². The molecule has 4 rings (SSSR count). The first-order valence-electron chi connectivity index (χ1n) is 7.83. The standard InChI is InChI=1S/C18H16N4O3/c1-22-16(8-9-20-22)15-7-6-14(11-19-15)24-18-10-17(25-21-18)12-2-4-13(23)5-3-12/h2-9,11,17,23H,10H2,1H3/t17-/m1/s1. The van der Waals surface area contributed by atoms with Gasteiger partial charge in [-0.3, -0.25) is 9.67 Å². The largest absolute Gasteiger partial charge is 0.508 e. The van der Waals surface area contributed by atoms with E-state index in [1.165, 1.54) is 0 Å².